The van der Waals surface area contributed by atoms with Crippen molar-refractivity contribution in [2.75, 3.05) is 18.1 Å². The third-order valence-corrected chi connectivity index (χ3v) is 3.91. The first-order valence-electron chi connectivity index (χ1n) is 7.09. The molecule has 1 aliphatic heterocycles. The minimum atomic E-state index is -0.108. The first-order chi connectivity index (χ1) is 8.93. The highest BCUT2D eigenvalue weighted by Gasteiger charge is 2.47. The van der Waals surface area contributed by atoms with Crippen LogP contribution >= 0.6 is 0 Å². The Hall–Kier alpha value is -1.30. The molecule has 1 aliphatic rings. The molecule has 6 nitrogen and oxygen atoms in total. The quantitative estimate of drug-likeness (QED) is 0.766. The molecule has 0 unspecified atom stereocenters. The first kappa shape index (κ1) is 15.1. The van der Waals surface area contributed by atoms with Crippen LogP contribution in [0, 0.1) is 5.41 Å². The lowest BCUT2D eigenvalue weighted by Gasteiger charge is -2.59. The van der Waals surface area contributed by atoms with E-state index >= 15 is 0 Å². The second-order valence-electron chi connectivity index (χ2n) is 7.95. The summed E-state index contributed by atoms with van der Waals surface area (Å²) < 4.78 is 4.92. The topological polar surface area (TPSA) is 61.5 Å². The second kappa shape index (κ2) is 4.35. The number of piperazine rings is 1. The molecule has 20 heavy (non-hydrogen) atoms. The van der Waals surface area contributed by atoms with Crippen molar-refractivity contribution in [3.63, 3.8) is 0 Å². The summed E-state index contributed by atoms with van der Waals surface area (Å²) in [6.45, 7) is 17.5. The Labute approximate surface area is 120 Å². The summed E-state index contributed by atoms with van der Waals surface area (Å²) in [7, 11) is 0. The van der Waals surface area contributed by atoms with Crippen molar-refractivity contribution in [1.29, 1.82) is 5.41 Å². The molecule has 0 radical (unpaired) electrons. The van der Waals surface area contributed by atoms with Gasteiger partial charge in [0.15, 0.2) is 0 Å². The molecule has 1 aromatic rings. The lowest BCUT2D eigenvalue weighted by atomic mass is 9.87. The third kappa shape index (κ3) is 2.61. The molecule has 0 atom stereocenters. The molecule has 1 N–H and O–H groups in total. The van der Waals surface area contributed by atoms with Gasteiger partial charge in [0, 0.05) is 29.7 Å². The van der Waals surface area contributed by atoms with Crippen LogP contribution in [0.5, 0.6) is 0 Å². The average molecular weight is 281 g/mol. The second-order valence-corrected chi connectivity index (χ2v) is 7.95. The van der Waals surface area contributed by atoms with Gasteiger partial charge in [-0.1, -0.05) is 32.5 Å². The highest BCUT2D eigenvalue weighted by atomic mass is 16.5. The fourth-order valence-electron chi connectivity index (χ4n) is 3.30. The van der Waals surface area contributed by atoms with Crippen LogP contribution in [0.1, 0.15) is 48.5 Å². The van der Waals surface area contributed by atoms with E-state index in [2.05, 4.69) is 63.6 Å². The average Bonchev–Trinajstić information content (AvgIpc) is 2.59. The van der Waals surface area contributed by atoms with Crippen LogP contribution in [0.4, 0.5) is 0 Å². The van der Waals surface area contributed by atoms with E-state index < -0.39 is 0 Å². The molecule has 0 amide bonds. The fourth-order valence-corrected chi connectivity index (χ4v) is 3.30. The summed E-state index contributed by atoms with van der Waals surface area (Å²) in [5.41, 5.74) is -0.00306. The number of nitrogens with one attached hydrogen (secondary N) is 1. The Morgan fingerprint density at radius 3 is 2.05 bits per heavy atom. The zero-order valence-electron chi connectivity index (χ0n) is 13.7. The number of aromatic nitrogens is 2. The van der Waals surface area contributed by atoms with Gasteiger partial charge in [0.05, 0.1) is 0 Å². The molecule has 0 bridgehead atoms. The monoisotopic (exact) mass is 281 g/mol. The predicted molar refractivity (Wildman–Crippen MR) is 75.8 cm³/mol. The van der Waals surface area contributed by atoms with Crippen LogP contribution in [0.3, 0.4) is 0 Å². The van der Waals surface area contributed by atoms with Gasteiger partial charge < -0.3 is 4.52 Å². The van der Waals surface area contributed by atoms with Crippen LogP contribution in [0.15, 0.2) is 10.7 Å². The molecule has 6 heteroatoms. The summed E-state index contributed by atoms with van der Waals surface area (Å²) in [5, 5.41) is 13.7. The van der Waals surface area contributed by atoms with Gasteiger partial charge >= 0.3 is 0 Å². The van der Waals surface area contributed by atoms with Crippen molar-refractivity contribution < 1.29 is 9.31 Å². The lowest BCUT2D eigenvalue weighted by Crippen LogP contribution is -2.83. The van der Waals surface area contributed by atoms with E-state index in [0.29, 0.717) is 0 Å². The molecule has 0 aromatic carbocycles. The summed E-state index contributed by atoms with van der Waals surface area (Å²) in [5.74, 6) is 0. The molecular formula is C14H27N5O. The van der Waals surface area contributed by atoms with E-state index in [-0.39, 0.29) is 22.2 Å². The molecule has 1 aromatic heterocycles. The summed E-state index contributed by atoms with van der Waals surface area (Å²) in [6.07, 6.45) is 1.62. The molecular weight excluding hydrogens is 254 g/mol. The Morgan fingerprint density at radius 2 is 1.70 bits per heavy atom. The minimum absolute atomic E-state index is 0.0786. The third-order valence-electron chi connectivity index (χ3n) is 3.91. The van der Waals surface area contributed by atoms with Crippen molar-refractivity contribution in [2.24, 2.45) is 0 Å². The van der Waals surface area contributed by atoms with Gasteiger partial charge in [-0.05, 0) is 26.0 Å². The van der Waals surface area contributed by atoms with Crippen molar-refractivity contribution in [3.8, 4) is 0 Å². The van der Waals surface area contributed by atoms with E-state index in [1.165, 1.54) is 0 Å². The maximum Gasteiger partial charge on any atom is 0.286 e. The molecule has 2 heterocycles. The number of rotatable bonds is 1. The zero-order valence-corrected chi connectivity index (χ0v) is 13.7. The van der Waals surface area contributed by atoms with Gasteiger partial charge in [-0.15, -0.1) is 0 Å². The Bertz CT molecular complexity index is 516. The van der Waals surface area contributed by atoms with Crippen LogP contribution in [0.25, 0.3) is 0 Å². The van der Waals surface area contributed by atoms with Crippen LogP contribution in [0.2, 0.25) is 0 Å². The van der Waals surface area contributed by atoms with Gasteiger partial charge in [0.2, 0.25) is 0 Å². The van der Waals surface area contributed by atoms with Crippen molar-refractivity contribution >= 4 is 0 Å². The molecule has 114 valence electrons. The number of nitrogens with zero attached hydrogens (tertiary/aromatic N) is 4. The lowest BCUT2D eigenvalue weighted by molar-refractivity contribution is -0.779. The number of hydrogen-bond acceptors (Lipinski definition) is 4. The van der Waals surface area contributed by atoms with Gasteiger partial charge in [-0.3, -0.25) is 15.3 Å². The molecule has 0 spiro atoms. The van der Waals surface area contributed by atoms with Crippen LogP contribution in [-0.2, 0) is 0 Å². The van der Waals surface area contributed by atoms with Crippen LogP contribution in [-0.4, -0.2) is 34.6 Å². The van der Waals surface area contributed by atoms with Crippen LogP contribution < -0.4 is 20.6 Å². The maximum atomic E-state index is 7.55. The Morgan fingerprint density at radius 1 is 1.20 bits per heavy atom. The molecule has 0 aliphatic carbocycles. The maximum absolute atomic E-state index is 7.55. The molecule has 0 saturated carbocycles. The van der Waals surface area contributed by atoms with Crippen molar-refractivity contribution in [2.45, 2.75) is 65.1 Å². The fraction of sp³-hybridized carbons (Fsp3) is 0.857. The standard InChI is InChI=1S/C14H27N5O/c1-12(2,3)17-9-13(4,5)19(14(6,7)10-17)18-8-11(15)20-16-18/h8,15H,9-10H2,1-7H3. The Balaban J connectivity index is 2.41. The smallest absolute Gasteiger partial charge is 0.286 e. The van der Waals surface area contributed by atoms with Gasteiger partial charge in [-0.25, -0.2) is 0 Å². The first-order valence-corrected chi connectivity index (χ1v) is 7.09. The highest BCUT2D eigenvalue weighted by molar-refractivity contribution is 5.12. The highest BCUT2D eigenvalue weighted by Crippen LogP contribution is 2.31. The van der Waals surface area contributed by atoms with Gasteiger partial charge in [0.1, 0.15) is 0 Å². The SMILES string of the molecule is CC(C)(C)N1CC(C)(C)N([n+]2cc(=N)o[n-]2)C(C)(C)C1. The molecule has 2 rings (SSSR count). The van der Waals surface area contributed by atoms with E-state index in [4.69, 9.17) is 9.93 Å². The summed E-state index contributed by atoms with van der Waals surface area (Å²) >= 11 is 0. The van der Waals surface area contributed by atoms with E-state index in [1.807, 2.05) is 0 Å². The van der Waals surface area contributed by atoms with Gasteiger partial charge in [-0.2, -0.15) is 0 Å². The van der Waals surface area contributed by atoms with E-state index in [0.717, 1.165) is 13.1 Å². The van der Waals surface area contributed by atoms with Crippen molar-refractivity contribution in [3.05, 3.63) is 11.8 Å². The predicted octanol–water partition coefficient (Wildman–Crippen LogP) is 0.613. The molecule has 1 saturated heterocycles. The number of hydrogen-bond donors (Lipinski definition) is 1. The minimum Gasteiger partial charge on any atom is -0.380 e. The largest absolute Gasteiger partial charge is 0.380 e. The van der Waals surface area contributed by atoms with E-state index in [9.17, 15) is 0 Å². The Kier molecular flexibility index (Phi) is 3.28. The van der Waals surface area contributed by atoms with Gasteiger partial charge in [0.25, 0.3) is 11.8 Å². The normalized spacial score (nSPS) is 23.1. The molecule has 1 fully saturated rings. The zero-order chi connectivity index (χ0) is 15.3. The summed E-state index contributed by atoms with van der Waals surface area (Å²) in [4.78, 5) is 4.19. The summed E-state index contributed by atoms with van der Waals surface area (Å²) in [6, 6.07) is 0. The van der Waals surface area contributed by atoms with Crippen molar-refractivity contribution in [1.82, 2.24) is 10.2 Å². The van der Waals surface area contributed by atoms with E-state index in [1.54, 1.807) is 11.0 Å².